The van der Waals surface area contributed by atoms with Crippen LogP contribution >= 0.6 is 22.7 Å². The summed E-state index contributed by atoms with van der Waals surface area (Å²) in [6.07, 6.45) is 3.12. The highest BCUT2D eigenvalue weighted by Gasteiger charge is 2.35. The van der Waals surface area contributed by atoms with E-state index in [0.29, 0.717) is 36.4 Å². The molecular weight excluding hydrogens is 476 g/mol. The maximum atomic E-state index is 13.6. The fourth-order valence-electron chi connectivity index (χ4n) is 4.64. The summed E-state index contributed by atoms with van der Waals surface area (Å²) in [5.74, 6) is 1.76. The minimum atomic E-state index is -0.151. The van der Waals surface area contributed by atoms with Gasteiger partial charge >= 0.3 is 0 Å². The zero-order valence-electron chi connectivity index (χ0n) is 20.3. The highest BCUT2D eigenvalue weighted by molar-refractivity contribution is 7.12. The number of fused-ring (bicyclic) bond motifs is 1. The van der Waals surface area contributed by atoms with Gasteiger partial charge in [-0.25, -0.2) is 0 Å². The van der Waals surface area contributed by atoms with Crippen molar-refractivity contribution >= 4 is 34.5 Å². The van der Waals surface area contributed by atoms with Crippen LogP contribution in [0, 0.1) is 5.92 Å². The van der Waals surface area contributed by atoms with Gasteiger partial charge in [0.1, 0.15) is 18.9 Å². The Hall–Kier alpha value is -2.64. The van der Waals surface area contributed by atoms with Crippen molar-refractivity contribution in [1.82, 2.24) is 9.80 Å². The molecule has 5 nitrogen and oxygen atoms in total. The van der Waals surface area contributed by atoms with Crippen LogP contribution in [-0.4, -0.2) is 47.9 Å². The number of hydrogen-bond acceptors (Lipinski definition) is 5. The van der Waals surface area contributed by atoms with E-state index in [4.69, 9.17) is 4.74 Å². The Morgan fingerprint density at radius 2 is 1.89 bits per heavy atom. The Kier molecular flexibility index (Phi) is 7.25. The van der Waals surface area contributed by atoms with Crippen LogP contribution in [0.5, 0.6) is 5.75 Å². The molecule has 2 aromatic heterocycles. The van der Waals surface area contributed by atoms with E-state index in [1.54, 1.807) is 16.2 Å². The molecule has 1 aromatic carbocycles. The van der Waals surface area contributed by atoms with Crippen LogP contribution in [0.1, 0.15) is 64.3 Å². The smallest absolute Gasteiger partial charge is 0.264 e. The zero-order valence-corrected chi connectivity index (χ0v) is 21.9. The lowest BCUT2D eigenvalue weighted by Gasteiger charge is -2.37. The molecule has 1 saturated carbocycles. The van der Waals surface area contributed by atoms with Gasteiger partial charge in [-0.1, -0.05) is 32.0 Å². The Balaban J connectivity index is 1.31. The molecule has 5 rings (SSSR count). The van der Waals surface area contributed by atoms with E-state index in [1.807, 2.05) is 34.5 Å². The first-order chi connectivity index (χ1) is 17.0. The summed E-state index contributed by atoms with van der Waals surface area (Å²) in [6.45, 7) is 6.18. The quantitative estimate of drug-likeness (QED) is 0.357. The molecule has 0 radical (unpaired) electrons. The molecule has 0 bridgehead atoms. The summed E-state index contributed by atoms with van der Waals surface area (Å²) in [7, 11) is 0. The number of ether oxygens (including phenoxy) is 1. The largest absolute Gasteiger partial charge is 0.491 e. The third-order valence-electron chi connectivity index (χ3n) is 6.89. The maximum absolute atomic E-state index is 13.6. The zero-order chi connectivity index (χ0) is 24.4. The molecule has 35 heavy (non-hydrogen) atoms. The average molecular weight is 509 g/mol. The molecular formula is C28H32N2O3S2. The minimum absolute atomic E-state index is 0.00355. The van der Waals surface area contributed by atoms with E-state index >= 15 is 0 Å². The number of amides is 2. The van der Waals surface area contributed by atoms with E-state index in [9.17, 15) is 9.59 Å². The fraction of sp³-hybridized carbons (Fsp3) is 0.429. The lowest BCUT2D eigenvalue weighted by Crippen LogP contribution is -2.48. The van der Waals surface area contributed by atoms with Crippen molar-refractivity contribution in [3.05, 3.63) is 74.1 Å². The van der Waals surface area contributed by atoms with Crippen LogP contribution in [-0.2, 0) is 11.2 Å². The molecule has 0 saturated heterocycles. The summed E-state index contributed by atoms with van der Waals surface area (Å²) >= 11 is 3.18. The summed E-state index contributed by atoms with van der Waals surface area (Å²) in [5, 5.41) is 4.01. The number of nitrogens with zero attached hydrogens (tertiary/aromatic N) is 2. The van der Waals surface area contributed by atoms with Gasteiger partial charge in [0.25, 0.3) is 5.91 Å². The first kappa shape index (κ1) is 24.1. The monoisotopic (exact) mass is 508 g/mol. The molecule has 0 N–H and O–H groups in total. The number of carbonyl (C=O) groups excluding carboxylic acids is 2. The predicted molar refractivity (Wildman–Crippen MR) is 141 cm³/mol. The molecule has 3 heterocycles. The van der Waals surface area contributed by atoms with Gasteiger partial charge in [0.2, 0.25) is 5.91 Å². The number of benzene rings is 1. The molecule has 1 aliphatic heterocycles. The van der Waals surface area contributed by atoms with E-state index < -0.39 is 0 Å². The van der Waals surface area contributed by atoms with Crippen LogP contribution < -0.4 is 4.74 Å². The Morgan fingerprint density at radius 3 is 2.57 bits per heavy atom. The van der Waals surface area contributed by atoms with Crippen molar-refractivity contribution in [2.75, 3.05) is 26.2 Å². The van der Waals surface area contributed by atoms with Gasteiger partial charge in [0.05, 0.1) is 10.9 Å². The minimum Gasteiger partial charge on any atom is -0.491 e. The second-order valence-electron chi connectivity index (χ2n) is 9.79. The van der Waals surface area contributed by atoms with Crippen LogP contribution in [0.25, 0.3) is 0 Å². The topological polar surface area (TPSA) is 49.9 Å². The molecule has 2 amide bonds. The first-order valence-corrected chi connectivity index (χ1v) is 14.2. The molecule has 1 fully saturated rings. The summed E-state index contributed by atoms with van der Waals surface area (Å²) in [5.41, 5.74) is 2.45. The Morgan fingerprint density at radius 1 is 1.09 bits per heavy atom. The van der Waals surface area contributed by atoms with E-state index in [2.05, 4.69) is 37.4 Å². The van der Waals surface area contributed by atoms with Gasteiger partial charge in [-0.2, -0.15) is 0 Å². The molecule has 0 spiro atoms. The number of thiophene rings is 2. The van der Waals surface area contributed by atoms with Gasteiger partial charge in [-0.05, 0) is 77.3 Å². The van der Waals surface area contributed by atoms with Crippen molar-refractivity contribution < 1.29 is 14.3 Å². The average Bonchev–Trinajstić information content (AvgIpc) is 3.31. The SMILES string of the molecule is CC(C)c1ccc(OCC2c3ccsc3CCN2C(=O)CN(CC2CC2)C(=O)c2cccs2)cc1. The first-order valence-electron chi connectivity index (χ1n) is 12.4. The summed E-state index contributed by atoms with van der Waals surface area (Å²) in [4.78, 5) is 32.5. The molecule has 1 aliphatic carbocycles. The van der Waals surface area contributed by atoms with E-state index in [1.165, 1.54) is 27.3 Å². The molecule has 2 aliphatic rings. The summed E-state index contributed by atoms with van der Waals surface area (Å²) in [6, 6.07) is 13.9. The van der Waals surface area contributed by atoms with Crippen LogP contribution in [0.4, 0.5) is 0 Å². The van der Waals surface area contributed by atoms with Crippen LogP contribution in [0.2, 0.25) is 0 Å². The van der Waals surface area contributed by atoms with Crippen molar-refractivity contribution in [1.29, 1.82) is 0 Å². The molecule has 1 unspecified atom stereocenters. The normalized spacial score (nSPS) is 17.3. The molecule has 1 atom stereocenters. The predicted octanol–water partition coefficient (Wildman–Crippen LogP) is 5.99. The third kappa shape index (κ3) is 5.62. The Labute approximate surface area is 215 Å². The molecule has 7 heteroatoms. The standard InChI is InChI=1S/C28H32N2O3S2/c1-19(2)21-7-9-22(10-8-21)33-18-24-23-12-15-35-25(23)11-13-30(24)27(31)17-29(16-20-5-6-20)28(32)26-4-3-14-34-26/h3-4,7-10,12,14-15,19-20,24H,5-6,11,13,16-18H2,1-2H3. The van der Waals surface area contributed by atoms with Crippen molar-refractivity contribution in [2.24, 2.45) is 5.92 Å². The number of rotatable bonds is 9. The molecule has 3 aromatic rings. The van der Waals surface area contributed by atoms with Gasteiger partial charge in [0, 0.05) is 18.0 Å². The second kappa shape index (κ2) is 10.5. The Bertz CT molecular complexity index is 1150. The van der Waals surface area contributed by atoms with Crippen molar-refractivity contribution in [2.45, 2.75) is 45.1 Å². The highest BCUT2D eigenvalue weighted by atomic mass is 32.1. The van der Waals surface area contributed by atoms with Gasteiger partial charge in [-0.15, -0.1) is 22.7 Å². The van der Waals surface area contributed by atoms with Crippen molar-refractivity contribution in [3.63, 3.8) is 0 Å². The van der Waals surface area contributed by atoms with Crippen LogP contribution in [0.15, 0.2) is 53.2 Å². The lowest BCUT2D eigenvalue weighted by molar-refractivity contribution is -0.135. The summed E-state index contributed by atoms with van der Waals surface area (Å²) < 4.78 is 6.20. The van der Waals surface area contributed by atoms with Gasteiger partial charge in [-0.3, -0.25) is 9.59 Å². The van der Waals surface area contributed by atoms with Gasteiger partial charge < -0.3 is 14.5 Å². The lowest BCUT2D eigenvalue weighted by atomic mass is 10.00. The number of hydrogen-bond donors (Lipinski definition) is 0. The van der Waals surface area contributed by atoms with E-state index in [-0.39, 0.29) is 24.4 Å². The molecule has 184 valence electrons. The van der Waals surface area contributed by atoms with Crippen LogP contribution in [0.3, 0.4) is 0 Å². The number of carbonyl (C=O) groups is 2. The van der Waals surface area contributed by atoms with Gasteiger partial charge in [0.15, 0.2) is 0 Å². The van der Waals surface area contributed by atoms with Crippen molar-refractivity contribution in [3.8, 4) is 5.75 Å². The maximum Gasteiger partial charge on any atom is 0.264 e. The fourth-order valence-corrected chi connectivity index (χ4v) is 6.26. The highest BCUT2D eigenvalue weighted by Crippen LogP contribution is 2.35. The second-order valence-corrected chi connectivity index (χ2v) is 11.7. The third-order valence-corrected chi connectivity index (χ3v) is 8.75. The van der Waals surface area contributed by atoms with E-state index in [0.717, 1.165) is 25.0 Å².